The Kier molecular flexibility index (Phi) is 4.88. The first-order valence-electron chi connectivity index (χ1n) is 6.85. The normalized spacial score (nSPS) is 28.7. The lowest BCUT2D eigenvalue weighted by atomic mass is 9.89. The van der Waals surface area contributed by atoms with E-state index in [0.717, 1.165) is 18.6 Å². The van der Waals surface area contributed by atoms with Crippen LogP contribution in [0.4, 0.5) is 0 Å². The molecule has 0 saturated carbocycles. The Balaban J connectivity index is 0.00000133. The van der Waals surface area contributed by atoms with E-state index in [1.54, 1.807) is 6.26 Å². The molecule has 2 saturated heterocycles. The summed E-state index contributed by atoms with van der Waals surface area (Å²) in [4.78, 5) is 11.9. The minimum Gasteiger partial charge on any atom is -0.467 e. The van der Waals surface area contributed by atoms with Gasteiger partial charge >= 0.3 is 0 Å². The van der Waals surface area contributed by atoms with Crippen LogP contribution in [-0.4, -0.2) is 18.0 Å². The highest BCUT2D eigenvalue weighted by Crippen LogP contribution is 2.32. The van der Waals surface area contributed by atoms with Gasteiger partial charge in [0, 0.05) is 18.5 Å². The Morgan fingerprint density at radius 3 is 2.74 bits per heavy atom. The fraction of sp³-hybridized carbons (Fsp3) is 0.643. The molecule has 1 aromatic rings. The smallest absolute Gasteiger partial charge is 0.220 e. The van der Waals surface area contributed by atoms with E-state index >= 15 is 0 Å². The van der Waals surface area contributed by atoms with E-state index in [2.05, 4.69) is 10.6 Å². The van der Waals surface area contributed by atoms with Crippen molar-refractivity contribution in [1.29, 1.82) is 0 Å². The maximum Gasteiger partial charge on any atom is 0.220 e. The number of furan rings is 1. The first kappa shape index (κ1) is 14.4. The molecular formula is C14H21ClN2O2. The Morgan fingerprint density at radius 2 is 2.11 bits per heavy atom. The molecule has 2 fully saturated rings. The molecule has 0 radical (unpaired) electrons. The molecule has 0 aliphatic carbocycles. The highest BCUT2D eigenvalue weighted by atomic mass is 35.5. The van der Waals surface area contributed by atoms with Crippen molar-refractivity contribution >= 4 is 18.3 Å². The molecule has 3 heterocycles. The molecule has 2 unspecified atom stereocenters. The topological polar surface area (TPSA) is 54.3 Å². The van der Waals surface area contributed by atoms with Crippen LogP contribution in [0.1, 0.15) is 37.9 Å². The van der Waals surface area contributed by atoms with Gasteiger partial charge in [0.15, 0.2) is 0 Å². The Labute approximate surface area is 119 Å². The van der Waals surface area contributed by atoms with Crippen molar-refractivity contribution in [3.05, 3.63) is 24.2 Å². The van der Waals surface area contributed by atoms with Crippen molar-refractivity contribution in [2.45, 2.75) is 50.7 Å². The second-order valence-electron chi connectivity index (χ2n) is 5.54. The average molecular weight is 285 g/mol. The van der Waals surface area contributed by atoms with Gasteiger partial charge in [-0.2, -0.15) is 0 Å². The molecule has 4 nitrogen and oxygen atoms in total. The van der Waals surface area contributed by atoms with Gasteiger partial charge < -0.3 is 15.1 Å². The van der Waals surface area contributed by atoms with E-state index in [0.29, 0.717) is 31.0 Å². The zero-order valence-corrected chi connectivity index (χ0v) is 11.7. The van der Waals surface area contributed by atoms with Gasteiger partial charge in [-0.3, -0.25) is 4.79 Å². The van der Waals surface area contributed by atoms with Crippen LogP contribution in [0.5, 0.6) is 0 Å². The lowest BCUT2D eigenvalue weighted by Gasteiger charge is -2.28. The highest BCUT2D eigenvalue weighted by molar-refractivity contribution is 5.85. The van der Waals surface area contributed by atoms with Crippen molar-refractivity contribution in [3.8, 4) is 0 Å². The van der Waals surface area contributed by atoms with Crippen LogP contribution < -0.4 is 10.6 Å². The number of carbonyl (C=O) groups excluding carboxylic acids is 1. The van der Waals surface area contributed by atoms with Crippen molar-refractivity contribution < 1.29 is 9.21 Å². The maximum absolute atomic E-state index is 11.9. The number of nitrogens with one attached hydrogen (secondary N) is 2. The summed E-state index contributed by atoms with van der Waals surface area (Å²) >= 11 is 0. The fourth-order valence-electron chi connectivity index (χ4n) is 3.28. The lowest BCUT2D eigenvalue weighted by molar-refractivity contribution is -0.122. The Bertz CT molecular complexity index is 396. The zero-order chi connectivity index (χ0) is 12.4. The van der Waals surface area contributed by atoms with Crippen LogP contribution in [0.15, 0.2) is 22.8 Å². The van der Waals surface area contributed by atoms with Crippen LogP contribution >= 0.6 is 12.4 Å². The zero-order valence-electron chi connectivity index (χ0n) is 10.9. The van der Waals surface area contributed by atoms with E-state index < -0.39 is 0 Å². The summed E-state index contributed by atoms with van der Waals surface area (Å²) in [6, 6.07) is 5.04. The van der Waals surface area contributed by atoms with E-state index in [-0.39, 0.29) is 18.3 Å². The van der Waals surface area contributed by atoms with Gasteiger partial charge in [-0.25, -0.2) is 0 Å². The second-order valence-corrected chi connectivity index (χ2v) is 5.54. The summed E-state index contributed by atoms with van der Waals surface area (Å²) in [5.74, 6) is 1.52. The molecule has 19 heavy (non-hydrogen) atoms. The van der Waals surface area contributed by atoms with Gasteiger partial charge in [-0.1, -0.05) is 0 Å². The average Bonchev–Trinajstić information content (AvgIpc) is 2.97. The molecule has 1 amide bonds. The SMILES string of the molecule is Cl.O=C(CC1CC2CCC(C1)N2)NCc1ccco1. The first-order chi connectivity index (χ1) is 8.79. The minimum absolute atomic E-state index is 0. The number of hydrogen-bond donors (Lipinski definition) is 2. The van der Waals surface area contributed by atoms with E-state index in [4.69, 9.17) is 4.42 Å². The molecule has 2 aliphatic rings. The summed E-state index contributed by atoms with van der Waals surface area (Å²) in [5.41, 5.74) is 0. The fourth-order valence-corrected chi connectivity index (χ4v) is 3.28. The van der Waals surface area contributed by atoms with Crippen LogP contribution in [0, 0.1) is 5.92 Å². The number of amides is 1. The van der Waals surface area contributed by atoms with Crippen molar-refractivity contribution in [2.24, 2.45) is 5.92 Å². The Morgan fingerprint density at radius 1 is 1.37 bits per heavy atom. The third-order valence-corrected chi connectivity index (χ3v) is 4.08. The molecule has 0 aromatic carbocycles. The maximum atomic E-state index is 11.9. The largest absolute Gasteiger partial charge is 0.467 e. The number of rotatable bonds is 4. The summed E-state index contributed by atoms with van der Waals surface area (Å²) < 4.78 is 5.19. The molecule has 2 atom stereocenters. The highest BCUT2D eigenvalue weighted by Gasteiger charge is 2.34. The minimum atomic E-state index is 0. The first-order valence-corrected chi connectivity index (χ1v) is 6.85. The predicted molar refractivity (Wildman–Crippen MR) is 75.1 cm³/mol. The molecule has 0 spiro atoms. The summed E-state index contributed by atoms with van der Waals surface area (Å²) in [6.07, 6.45) is 7.18. The molecule has 2 N–H and O–H groups in total. The van der Waals surface area contributed by atoms with Crippen LogP contribution in [0.2, 0.25) is 0 Å². The van der Waals surface area contributed by atoms with Gasteiger partial charge in [0.2, 0.25) is 5.91 Å². The molecule has 2 aliphatic heterocycles. The standard InChI is InChI=1S/C14H20N2O2.ClH/c17-14(15-9-13-2-1-5-18-13)8-10-6-11-3-4-12(7-10)16-11;/h1-2,5,10-12,16H,3-4,6-9H2,(H,15,17);1H. The third-order valence-electron chi connectivity index (χ3n) is 4.08. The van der Waals surface area contributed by atoms with Crippen LogP contribution in [0.3, 0.4) is 0 Å². The number of fused-ring (bicyclic) bond motifs is 2. The number of piperidine rings is 1. The number of hydrogen-bond acceptors (Lipinski definition) is 3. The Hall–Kier alpha value is -1.00. The lowest BCUT2D eigenvalue weighted by Crippen LogP contribution is -2.39. The third kappa shape index (κ3) is 3.74. The molecular weight excluding hydrogens is 264 g/mol. The summed E-state index contributed by atoms with van der Waals surface area (Å²) in [7, 11) is 0. The quantitative estimate of drug-likeness (QED) is 0.891. The van der Waals surface area contributed by atoms with E-state index in [1.807, 2.05) is 12.1 Å². The van der Waals surface area contributed by atoms with E-state index in [9.17, 15) is 4.79 Å². The van der Waals surface area contributed by atoms with Gasteiger partial charge in [0.1, 0.15) is 5.76 Å². The second kappa shape index (κ2) is 6.44. The van der Waals surface area contributed by atoms with Crippen LogP contribution in [0.25, 0.3) is 0 Å². The molecule has 1 aromatic heterocycles. The van der Waals surface area contributed by atoms with Gasteiger partial charge in [0.05, 0.1) is 12.8 Å². The predicted octanol–water partition coefficient (Wildman–Crippen LogP) is 2.24. The van der Waals surface area contributed by atoms with Gasteiger partial charge in [-0.05, 0) is 43.7 Å². The van der Waals surface area contributed by atoms with Crippen molar-refractivity contribution in [2.75, 3.05) is 0 Å². The van der Waals surface area contributed by atoms with Crippen molar-refractivity contribution in [1.82, 2.24) is 10.6 Å². The monoisotopic (exact) mass is 284 g/mol. The van der Waals surface area contributed by atoms with Crippen molar-refractivity contribution in [3.63, 3.8) is 0 Å². The summed E-state index contributed by atoms with van der Waals surface area (Å²) in [5, 5.41) is 6.53. The molecule has 5 heteroatoms. The molecule has 2 bridgehead atoms. The molecule has 3 rings (SSSR count). The van der Waals surface area contributed by atoms with Gasteiger partial charge in [-0.15, -0.1) is 12.4 Å². The molecule has 106 valence electrons. The van der Waals surface area contributed by atoms with Crippen LogP contribution in [-0.2, 0) is 11.3 Å². The number of halogens is 1. The van der Waals surface area contributed by atoms with E-state index in [1.165, 1.54) is 12.8 Å². The summed E-state index contributed by atoms with van der Waals surface area (Å²) in [6.45, 7) is 0.504. The van der Waals surface area contributed by atoms with Gasteiger partial charge in [0.25, 0.3) is 0 Å². The number of carbonyl (C=O) groups is 1.